The monoisotopic (exact) mass is 284 g/mol. The normalized spacial score (nSPS) is 11.4. The fourth-order valence-electron chi connectivity index (χ4n) is 1.34. The van der Waals surface area contributed by atoms with E-state index in [9.17, 15) is 18.8 Å². The second-order valence-electron chi connectivity index (χ2n) is 3.85. The van der Waals surface area contributed by atoms with E-state index < -0.39 is 42.7 Å². The van der Waals surface area contributed by atoms with Gasteiger partial charge in [-0.2, -0.15) is 0 Å². The molecule has 108 valence electrons. The highest BCUT2D eigenvalue weighted by Gasteiger charge is 2.22. The molecule has 0 radical (unpaired) electrons. The Bertz CT molecular complexity index is 520. The molecule has 0 aliphatic rings. The summed E-state index contributed by atoms with van der Waals surface area (Å²) in [5, 5.41) is 10.8. The number of hydrogen-bond acceptors (Lipinski definition) is 4. The number of ether oxygens (including phenoxy) is 1. The van der Waals surface area contributed by atoms with Crippen molar-refractivity contribution in [3.8, 4) is 5.75 Å². The third-order valence-electron chi connectivity index (χ3n) is 2.23. The van der Waals surface area contributed by atoms with Crippen molar-refractivity contribution in [2.45, 2.75) is 12.5 Å². The number of rotatable bonds is 7. The summed E-state index contributed by atoms with van der Waals surface area (Å²) in [7, 11) is 0. The molecular formula is C12H13FN2O5. The number of para-hydroxylation sites is 1. The molecule has 0 unspecified atom stereocenters. The van der Waals surface area contributed by atoms with Crippen LogP contribution in [0, 0.1) is 5.82 Å². The Kier molecular flexibility index (Phi) is 5.45. The van der Waals surface area contributed by atoms with Gasteiger partial charge in [-0.15, -0.1) is 0 Å². The summed E-state index contributed by atoms with van der Waals surface area (Å²) in [5.74, 6) is -3.85. The first-order valence-corrected chi connectivity index (χ1v) is 5.58. The third kappa shape index (κ3) is 4.92. The number of benzene rings is 1. The standard InChI is InChI=1S/C12H13FN2O5/c13-7-3-1-2-4-9(7)20-6-11(17)15-8(12(18)19)5-10(14)16/h1-4,8H,5-6H2,(H2,14,16)(H,15,17)(H,18,19)/t8-/m0/s1. The quantitative estimate of drug-likeness (QED) is 0.632. The predicted molar refractivity (Wildman–Crippen MR) is 65.3 cm³/mol. The van der Waals surface area contributed by atoms with Gasteiger partial charge in [-0.05, 0) is 12.1 Å². The van der Waals surface area contributed by atoms with E-state index in [0.717, 1.165) is 6.07 Å². The van der Waals surface area contributed by atoms with Crippen molar-refractivity contribution in [2.24, 2.45) is 5.73 Å². The molecule has 0 aliphatic carbocycles. The van der Waals surface area contributed by atoms with Crippen LogP contribution < -0.4 is 15.8 Å². The van der Waals surface area contributed by atoms with Crippen LogP contribution in [-0.4, -0.2) is 35.5 Å². The molecule has 0 saturated carbocycles. The Hall–Kier alpha value is -2.64. The van der Waals surface area contributed by atoms with Crippen molar-refractivity contribution in [2.75, 3.05) is 6.61 Å². The molecule has 0 heterocycles. The number of carboxylic acid groups (broad SMARTS) is 1. The first-order chi connectivity index (χ1) is 9.40. The number of halogens is 1. The van der Waals surface area contributed by atoms with Gasteiger partial charge >= 0.3 is 5.97 Å². The molecule has 0 spiro atoms. The third-order valence-corrected chi connectivity index (χ3v) is 2.23. The van der Waals surface area contributed by atoms with Crippen LogP contribution in [0.2, 0.25) is 0 Å². The van der Waals surface area contributed by atoms with E-state index >= 15 is 0 Å². The van der Waals surface area contributed by atoms with Crippen molar-refractivity contribution < 1.29 is 28.6 Å². The van der Waals surface area contributed by atoms with Gasteiger partial charge in [-0.3, -0.25) is 9.59 Å². The number of hydrogen-bond donors (Lipinski definition) is 3. The maximum absolute atomic E-state index is 13.2. The number of carbonyl (C=O) groups is 3. The lowest BCUT2D eigenvalue weighted by Gasteiger charge is -2.13. The van der Waals surface area contributed by atoms with Crippen LogP contribution >= 0.6 is 0 Å². The van der Waals surface area contributed by atoms with E-state index in [2.05, 4.69) is 5.32 Å². The highest BCUT2D eigenvalue weighted by Crippen LogP contribution is 2.14. The Morgan fingerprint density at radius 3 is 2.55 bits per heavy atom. The minimum Gasteiger partial charge on any atom is -0.481 e. The molecule has 20 heavy (non-hydrogen) atoms. The topological polar surface area (TPSA) is 119 Å². The van der Waals surface area contributed by atoms with Crippen LogP contribution in [0.4, 0.5) is 4.39 Å². The van der Waals surface area contributed by atoms with Crippen LogP contribution in [0.25, 0.3) is 0 Å². The Labute approximate surface area is 113 Å². The van der Waals surface area contributed by atoms with Crippen molar-refractivity contribution >= 4 is 17.8 Å². The highest BCUT2D eigenvalue weighted by molar-refractivity contribution is 5.88. The fraction of sp³-hybridized carbons (Fsp3) is 0.250. The fourth-order valence-corrected chi connectivity index (χ4v) is 1.34. The van der Waals surface area contributed by atoms with Gasteiger partial charge in [0.1, 0.15) is 6.04 Å². The van der Waals surface area contributed by atoms with Gasteiger partial charge < -0.3 is 20.9 Å². The lowest BCUT2D eigenvalue weighted by molar-refractivity contribution is -0.143. The molecule has 1 aromatic rings. The maximum Gasteiger partial charge on any atom is 0.326 e. The molecule has 0 fully saturated rings. The minimum absolute atomic E-state index is 0.135. The smallest absolute Gasteiger partial charge is 0.326 e. The van der Waals surface area contributed by atoms with E-state index in [1.165, 1.54) is 18.2 Å². The zero-order valence-electron chi connectivity index (χ0n) is 10.3. The first-order valence-electron chi connectivity index (χ1n) is 5.58. The van der Waals surface area contributed by atoms with Crippen molar-refractivity contribution in [3.63, 3.8) is 0 Å². The van der Waals surface area contributed by atoms with Gasteiger partial charge in [0, 0.05) is 0 Å². The van der Waals surface area contributed by atoms with E-state index in [0.29, 0.717) is 0 Å². The number of nitrogens with one attached hydrogen (secondary N) is 1. The molecule has 0 aromatic heterocycles. The largest absolute Gasteiger partial charge is 0.481 e. The lowest BCUT2D eigenvalue weighted by atomic mass is 10.2. The molecule has 4 N–H and O–H groups in total. The number of nitrogens with two attached hydrogens (primary N) is 1. The van der Waals surface area contributed by atoms with Gasteiger partial charge in [0.25, 0.3) is 5.91 Å². The molecule has 7 nitrogen and oxygen atoms in total. The number of carboxylic acids is 1. The zero-order chi connectivity index (χ0) is 15.1. The number of amides is 2. The van der Waals surface area contributed by atoms with Crippen molar-refractivity contribution in [3.05, 3.63) is 30.1 Å². The maximum atomic E-state index is 13.2. The number of aliphatic carboxylic acids is 1. The van der Waals surface area contributed by atoms with Crippen LogP contribution in [0.15, 0.2) is 24.3 Å². The van der Waals surface area contributed by atoms with Crippen LogP contribution in [0.5, 0.6) is 5.75 Å². The summed E-state index contributed by atoms with van der Waals surface area (Å²) in [6.45, 7) is -0.580. The molecule has 0 saturated heterocycles. The second-order valence-corrected chi connectivity index (χ2v) is 3.85. The summed E-state index contributed by atoms with van der Waals surface area (Å²) in [6, 6.07) is 4.00. The Morgan fingerprint density at radius 1 is 1.35 bits per heavy atom. The predicted octanol–water partition coefficient (Wildman–Crippen LogP) is -0.351. The summed E-state index contributed by atoms with van der Waals surface area (Å²) >= 11 is 0. The number of carbonyl (C=O) groups excluding carboxylic acids is 2. The lowest BCUT2D eigenvalue weighted by Crippen LogP contribution is -2.45. The van der Waals surface area contributed by atoms with E-state index in [1.54, 1.807) is 0 Å². The molecule has 2 amide bonds. The molecule has 0 aliphatic heterocycles. The molecular weight excluding hydrogens is 271 g/mol. The summed E-state index contributed by atoms with van der Waals surface area (Å²) < 4.78 is 18.1. The first kappa shape index (κ1) is 15.4. The SMILES string of the molecule is NC(=O)C[C@H](NC(=O)COc1ccccc1F)C(=O)O. The summed E-state index contributed by atoms with van der Waals surface area (Å²) in [6.07, 6.45) is -0.541. The summed E-state index contributed by atoms with van der Waals surface area (Å²) in [5.41, 5.74) is 4.86. The van der Waals surface area contributed by atoms with E-state index in [-0.39, 0.29) is 5.75 Å². The zero-order valence-corrected chi connectivity index (χ0v) is 10.3. The molecule has 1 rings (SSSR count). The van der Waals surface area contributed by atoms with Gasteiger partial charge in [-0.25, -0.2) is 9.18 Å². The molecule has 8 heteroatoms. The van der Waals surface area contributed by atoms with Crippen molar-refractivity contribution in [1.29, 1.82) is 0 Å². The Balaban J connectivity index is 2.52. The van der Waals surface area contributed by atoms with E-state index in [1.807, 2.05) is 0 Å². The van der Waals surface area contributed by atoms with Crippen LogP contribution in [0.1, 0.15) is 6.42 Å². The number of primary amides is 1. The van der Waals surface area contributed by atoms with E-state index in [4.69, 9.17) is 15.6 Å². The van der Waals surface area contributed by atoms with Crippen LogP contribution in [0.3, 0.4) is 0 Å². The summed E-state index contributed by atoms with van der Waals surface area (Å²) in [4.78, 5) is 32.9. The average molecular weight is 284 g/mol. The van der Waals surface area contributed by atoms with Gasteiger partial charge in [-0.1, -0.05) is 12.1 Å². The molecule has 1 atom stereocenters. The minimum atomic E-state index is -1.44. The van der Waals surface area contributed by atoms with Gasteiger partial charge in [0.2, 0.25) is 5.91 Å². The van der Waals surface area contributed by atoms with Gasteiger partial charge in [0.15, 0.2) is 18.2 Å². The molecule has 0 bridgehead atoms. The Morgan fingerprint density at radius 2 is 2.00 bits per heavy atom. The van der Waals surface area contributed by atoms with Crippen LogP contribution in [-0.2, 0) is 14.4 Å². The average Bonchev–Trinajstić information content (AvgIpc) is 2.36. The molecule has 1 aromatic carbocycles. The van der Waals surface area contributed by atoms with Gasteiger partial charge in [0.05, 0.1) is 6.42 Å². The van der Waals surface area contributed by atoms with Crippen molar-refractivity contribution in [1.82, 2.24) is 5.32 Å². The highest BCUT2D eigenvalue weighted by atomic mass is 19.1. The second kappa shape index (κ2) is 7.07.